The van der Waals surface area contributed by atoms with Crippen molar-refractivity contribution in [3.05, 3.63) is 33.2 Å². The van der Waals surface area contributed by atoms with Gasteiger partial charge in [-0.15, -0.1) is 0 Å². The summed E-state index contributed by atoms with van der Waals surface area (Å²) in [5.74, 6) is -0.176. The van der Waals surface area contributed by atoms with E-state index in [1.807, 2.05) is 19.9 Å². The Morgan fingerprint density at radius 3 is 2.13 bits per heavy atom. The van der Waals surface area contributed by atoms with Gasteiger partial charge in [-0.25, -0.2) is 0 Å². The smallest absolute Gasteiger partial charge is 0.264 e. The number of aromatic nitrogens is 1. The molecule has 1 aromatic heterocycles. The molecule has 23 heavy (non-hydrogen) atoms. The Balaban J connectivity index is 1.87. The third-order valence-corrected chi connectivity index (χ3v) is 4.77. The highest BCUT2D eigenvalue weighted by molar-refractivity contribution is 5.95. The maximum atomic E-state index is 12.8. The Bertz CT molecular complexity index is 711. The molecule has 2 heterocycles. The normalized spacial score (nSPS) is 18.2. The van der Waals surface area contributed by atoms with E-state index in [0.717, 1.165) is 24.1 Å². The van der Waals surface area contributed by atoms with Crippen LogP contribution in [0, 0.1) is 13.8 Å². The lowest BCUT2D eigenvalue weighted by Crippen LogP contribution is -2.51. The lowest BCUT2D eigenvalue weighted by Gasteiger charge is -2.34. The minimum absolute atomic E-state index is 0.0275. The third-order valence-electron chi connectivity index (χ3n) is 4.77. The number of pyridine rings is 1. The fourth-order valence-electron chi connectivity index (χ4n) is 3.33. The van der Waals surface area contributed by atoms with E-state index in [0.29, 0.717) is 31.7 Å². The Morgan fingerprint density at radius 2 is 1.61 bits per heavy atom. The van der Waals surface area contributed by atoms with E-state index >= 15 is 0 Å². The van der Waals surface area contributed by atoms with Crippen LogP contribution in [0.25, 0.3) is 0 Å². The average molecular weight is 317 g/mol. The molecule has 1 aromatic rings. The first-order valence-electron chi connectivity index (χ1n) is 8.17. The highest BCUT2D eigenvalue weighted by Gasteiger charge is 2.31. The molecule has 1 saturated heterocycles. The van der Waals surface area contributed by atoms with Crippen molar-refractivity contribution in [1.82, 2.24) is 14.4 Å². The molecule has 6 nitrogen and oxygen atoms in total. The minimum Gasteiger partial charge on any atom is -0.339 e. The average Bonchev–Trinajstić information content (AvgIpc) is 3.31. The topological polar surface area (TPSA) is 62.6 Å². The molecule has 1 saturated carbocycles. The molecule has 3 rings (SSSR count). The lowest BCUT2D eigenvalue weighted by atomic mass is 10.1. The van der Waals surface area contributed by atoms with Crippen LogP contribution in [0.3, 0.4) is 0 Å². The maximum Gasteiger partial charge on any atom is 0.264 e. The van der Waals surface area contributed by atoms with Gasteiger partial charge in [-0.2, -0.15) is 0 Å². The van der Waals surface area contributed by atoms with Crippen molar-refractivity contribution < 1.29 is 9.59 Å². The molecule has 6 heteroatoms. The van der Waals surface area contributed by atoms with Crippen molar-refractivity contribution in [3.63, 3.8) is 0 Å². The van der Waals surface area contributed by atoms with Crippen molar-refractivity contribution in [3.8, 4) is 0 Å². The fraction of sp³-hybridized carbons (Fsp3) is 0.588. The van der Waals surface area contributed by atoms with E-state index < -0.39 is 0 Å². The largest absolute Gasteiger partial charge is 0.339 e. The van der Waals surface area contributed by atoms with Crippen LogP contribution < -0.4 is 5.56 Å². The zero-order chi connectivity index (χ0) is 16.7. The SMILES string of the molecule is CC(=O)N1CCN(C(=O)c2c(C)cc(C)n(C3CC3)c2=O)CC1. The van der Waals surface area contributed by atoms with Crippen LogP contribution in [0.4, 0.5) is 0 Å². The third kappa shape index (κ3) is 2.90. The van der Waals surface area contributed by atoms with Gasteiger partial charge in [-0.3, -0.25) is 14.4 Å². The second-order valence-electron chi connectivity index (χ2n) is 6.55. The van der Waals surface area contributed by atoms with Crippen LogP contribution >= 0.6 is 0 Å². The summed E-state index contributed by atoms with van der Waals surface area (Å²) >= 11 is 0. The summed E-state index contributed by atoms with van der Waals surface area (Å²) in [6, 6.07) is 2.18. The van der Waals surface area contributed by atoms with Crippen molar-refractivity contribution in [2.45, 2.75) is 39.7 Å². The molecular formula is C17H23N3O3. The number of piperazine rings is 1. The van der Waals surface area contributed by atoms with Crippen LogP contribution in [0.15, 0.2) is 10.9 Å². The van der Waals surface area contributed by atoms with E-state index in [-0.39, 0.29) is 23.4 Å². The number of amides is 2. The van der Waals surface area contributed by atoms with Gasteiger partial charge in [0.25, 0.3) is 11.5 Å². The Labute approximate surface area is 135 Å². The summed E-state index contributed by atoms with van der Waals surface area (Å²) in [5, 5.41) is 0. The molecule has 0 bridgehead atoms. The number of hydrogen-bond donors (Lipinski definition) is 0. The van der Waals surface area contributed by atoms with Gasteiger partial charge in [0, 0.05) is 44.8 Å². The van der Waals surface area contributed by atoms with Crippen molar-refractivity contribution in [2.24, 2.45) is 0 Å². The summed E-state index contributed by atoms with van der Waals surface area (Å²) < 4.78 is 1.77. The van der Waals surface area contributed by atoms with Gasteiger partial charge in [0.05, 0.1) is 0 Å². The standard InChI is InChI=1S/C17H23N3O3/c1-11-10-12(2)20(14-4-5-14)17(23)15(11)16(22)19-8-6-18(7-9-19)13(3)21/h10,14H,4-9H2,1-3H3. The summed E-state index contributed by atoms with van der Waals surface area (Å²) in [5.41, 5.74) is 1.79. The molecule has 1 aliphatic heterocycles. The highest BCUT2D eigenvalue weighted by Crippen LogP contribution is 2.34. The predicted octanol–water partition coefficient (Wildman–Crippen LogP) is 1.10. The Kier molecular flexibility index (Phi) is 4.00. The van der Waals surface area contributed by atoms with E-state index in [2.05, 4.69) is 0 Å². The van der Waals surface area contributed by atoms with Crippen molar-refractivity contribution in [2.75, 3.05) is 26.2 Å². The molecule has 1 aliphatic carbocycles. The van der Waals surface area contributed by atoms with Crippen LogP contribution in [-0.2, 0) is 4.79 Å². The first kappa shape index (κ1) is 15.8. The van der Waals surface area contributed by atoms with Gasteiger partial charge < -0.3 is 14.4 Å². The van der Waals surface area contributed by atoms with Gasteiger partial charge in [-0.05, 0) is 38.3 Å². The second-order valence-corrected chi connectivity index (χ2v) is 6.55. The van der Waals surface area contributed by atoms with Crippen molar-refractivity contribution in [1.29, 1.82) is 0 Å². The monoisotopic (exact) mass is 317 g/mol. The van der Waals surface area contributed by atoms with E-state index in [1.165, 1.54) is 6.92 Å². The van der Waals surface area contributed by atoms with Gasteiger partial charge >= 0.3 is 0 Å². The van der Waals surface area contributed by atoms with Crippen LogP contribution in [-0.4, -0.2) is 52.4 Å². The zero-order valence-electron chi connectivity index (χ0n) is 14.0. The summed E-state index contributed by atoms with van der Waals surface area (Å²) in [4.78, 5) is 40.4. The van der Waals surface area contributed by atoms with Gasteiger partial charge in [0.2, 0.25) is 5.91 Å². The summed E-state index contributed by atoms with van der Waals surface area (Å²) in [7, 11) is 0. The van der Waals surface area contributed by atoms with Crippen LogP contribution in [0.5, 0.6) is 0 Å². The van der Waals surface area contributed by atoms with E-state index in [9.17, 15) is 14.4 Å². The van der Waals surface area contributed by atoms with Crippen LogP contribution in [0.2, 0.25) is 0 Å². The predicted molar refractivity (Wildman–Crippen MR) is 86.6 cm³/mol. The molecule has 0 N–H and O–H groups in total. The number of nitrogens with zero attached hydrogens (tertiary/aromatic N) is 3. The molecule has 2 amide bonds. The van der Waals surface area contributed by atoms with Crippen molar-refractivity contribution >= 4 is 11.8 Å². The summed E-state index contributed by atoms with van der Waals surface area (Å²) in [6.07, 6.45) is 2.02. The fourth-order valence-corrected chi connectivity index (χ4v) is 3.33. The maximum absolute atomic E-state index is 12.8. The molecular weight excluding hydrogens is 294 g/mol. The number of carbonyl (C=O) groups excluding carboxylic acids is 2. The first-order chi connectivity index (χ1) is 10.9. The quantitative estimate of drug-likeness (QED) is 0.821. The molecule has 0 spiro atoms. The first-order valence-corrected chi connectivity index (χ1v) is 8.17. The molecule has 0 unspecified atom stereocenters. The number of carbonyl (C=O) groups is 2. The summed E-state index contributed by atoms with van der Waals surface area (Å²) in [6.45, 7) is 7.31. The minimum atomic E-state index is -0.204. The molecule has 2 aliphatic rings. The molecule has 0 aromatic carbocycles. The molecule has 0 atom stereocenters. The number of aryl methyl sites for hydroxylation is 2. The molecule has 2 fully saturated rings. The number of hydrogen-bond acceptors (Lipinski definition) is 3. The van der Waals surface area contributed by atoms with E-state index in [4.69, 9.17) is 0 Å². The number of rotatable bonds is 2. The zero-order valence-corrected chi connectivity index (χ0v) is 14.0. The second kappa shape index (κ2) is 5.83. The van der Waals surface area contributed by atoms with Crippen LogP contribution in [0.1, 0.15) is 47.4 Å². The lowest BCUT2D eigenvalue weighted by molar-refractivity contribution is -0.130. The van der Waals surface area contributed by atoms with Gasteiger partial charge in [0.1, 0.15) is 5.56 Å². The van der Waals surface area contributed by atoms with E-state index in [1.54, 1.807) is 14.4 Å². The Hall–Kier alpha value is -2.11. The highest BCUT2D eigenvalue weighted by atomic mass is 16.2. The van der Waals surface area contributed by atoms with Gasteiger partial charge in [0.15, 0.2) is 0 Å². The molecule has 124 valence electrons. The van der Waals surface area contributed by atoms with Gasteiger partial charge in [-0.1, -0.05) is 0 Å². The molecule has 0 radical (unpaired) electrons. The Morgan fingerprint density at radius 1 is 1.04 bits per heavy atom.